The molecular formula is C17H15BrO4. The van der Waals surface area contributed by atoms with Crippen molar-refractivity contribution in [2.24, 2.45) is 0 Å². The summed E-state index contributed by atoms with van der Waals surface area (Å²) in [5.41, 5.74) is 1.79. The fourth-order valence-electron chi connectivity index (χ4n) is 1.94. The Bertz CT molecular complexity index is 737. The molecule has 114 valence electrons. The number of ether oxygens (including phenoxy) is 2. The Balaban J connectivity index is 2.37. The number of esters is 1. The van der Waals surface area contributed by atoms with E-state index in [4.69, 9.17) is 9.47 Å². The molecule has 2 aromatic rings. The van der Waals surface area contributed by atoms with Crippen LogP contribution in [-0.4, -0.2) is 18.9 Å². The smallest absolute Gasteiger partial charge is 0.344 e. The van der Waals surface area contributed by atoms with Crippen LogP contribution in [-0.2, 0) is 0 Å². The summed E-state index contributed by atoms with van der Waals surface area (Å²) in [5.74, 6) is -0.0259. The van der Waals surface area contributed by atoms with Crippen LogP contribution in [0, 0.1) is 6.92 Å². The van der Waals surface area contributed by atoms with Gasteiger partial charge in [0.2, 0.25) is 0 Å². The van der Waals surface area contributed by atoms with Gasteiger partial charge in [0, 0.05) is 10.0 Å². The third-order valence-corrected chi connectivity index (χ3v) is 4.24. The Morgan fingerprint density at radius 2 is 1.82 bits per heavy atom. The van der Waals surface area contributed by atoms with Gasteiger partial charge in [0.1, 0.15) is 0 Å². The lowest BCUT2D eigenvalue weighted by Crippen LogP contribution is -2.11. The lowest BCUT2D eigenvalue weighted by molar-refractivity contribution is 0.0727. The third-order valence-electron chi connectivity index (χ3n) is 3.18. The highest BCUT2D eigenvalue weighted by Crippen LogP contribution is 2.30. The monoisotopic (exact) mass is 362 g/mol. The van der Waals surface area contributed by atoms with Crippen molar-refractivity contribution in [3.8, 4) is 11.5 Å². The van der Waals surface area contributed by atoms with Crippen molar-refractivity contribution in [1.82, 2.24) is 0 Å². The number of methoxy groups -OCH3 is 1. The number of hydrogen-bond donors (Lipinski definition) is 0. The van der Waals surface area contributed by atoms with Gasteiger partial charge in [-0.25, -0.2) is 4.79 Å². The fraction of sp³-hybridized carbons (Fsp3) is 0.176. The SMILES string of the molecule is COc1ccc(C(C)=O)cc1OC(=O)c1cccc(C)c1Br. The number of Topliss-reactive ketones (excluding diaryl/α,β-unsaturated/α-hetero) is 1. The Morgan fingerprint density at radius 3 is 2.45 bits per heavy atom. The average Bonchev–Trinajstić information content (AvgIpc) is 2.49. The maximum Gasteiger partial charge on any atom is 0.344 e. The molecule has 0 radical (unpaired) electrons. The zero-order valence-corrected chi connectivity index (χ0v) is 14.1. The third kappa shape index (κ3) is 3.36. The molecule has 0 aliphatic rings. The molecule has 0 unspecified atom stereocenters. The molecule has 2 aromatic carbocycles. The molecule has 0 aromatic heterocycles. The summed E-state index contributed by atoms with van der Waals surface area (Å²) in [6.07, 6.45) is 0. The molecule has 2 rings (SSSR count). The van der Waals surface area contributed by atoms with E-state index in [-0.39, 0.29) is 11.5 Å². The number of ketones is 1. The summed E-state index contributed by atoms with van der Waals surface area (Å²) in [6, 6.07) is 10.1. The van der Waals surface area contributed by atoms with Crippen LogP contribution in [0.1, 0.15) is 33.2 Å². The normalized spacial score (nSPS) is 10.2. The van der Waals surface area contributed by atoms with E-state index >= 15 is 0 Å². The Morgan fingerprint density at radius 1 is 1.09 bits per heavy atom. The van der Waals surface area contributed by atoms with Crippen LogP contribution in [0.3, 0.4) is 0 Å². The van der Waals surface area contributed by atoms with Crippen molar-refractivity contribution in [2.75, 3.05) is 7.11 Å². The molecule has 0 bridgehead atoms. The van der Waals surface area contributed by atoms with Gasteiger partial charge in [0.25, 0.3) is 0 Å². The highest BCUT2D eigenvalue weighted by Gasteiger charge is 2.17. The quantitative estimate of drug-likeness (QED) is 0.464. The van der Waals surface area contributed by atoms with Gasteiger partial charge in [-0.3, -0.25) is 4.79 Å². The van der Waals surface area contributed by atoms with Crippen molar-refractivity contribution in [3.63, 3.8) is 0 Å². The second-order valence-electron chi connectivity index (χ2n) is 4.75. The van der Waals surface area contributed by atoms with Gasteiger partial charge >= 0.3 is 5.97 Å². The lowest BCUT2D eigenvalue weighted by atomic mass is 10.1. The van der Waals surface area contributed by atoms with E-state index in [0.717, 1.165) is 5.56 Å². The molecule has 0 N–H and O–H groups in total. The van der Waals surface area contributed by atoms with Crippen LogP contribution in [0.25, 0.3) is 0 Å². The van der Waals surface area contributed by atoms with E-state index in [1.165, 1.54) is 20.1 Å². The van der Waals surface area contributed by atoms with Crippen LogP contribution in [0.2, 0.25) is 0 Å². The van der Waals surface area contributed by atoms with Crippen molar-refractivity contribution < 1.29 is 19.1 Å². The van der Waals surface area contributed by atoms with Gasteiger partial charge in [-0.1, -0.05) is 12.1 Å². The largest absolute Gasteiger partial charge is 0.493 e. The van der Waals surface area contributed by atoms with Gasteiger partial charge < -0.3 is 9.47 Å². The maximum atomic E-state index is 12.3. The number of benzene rings is 2. The minimum absolute atomic E-state index is 0.114. The number of aryl methyl sites for hydroxylation is 1. The second kappa shape index (κ2) is 6.75. The minimum atomic E-state index is -0.519. The lowest BCUT2D eigenvalue weighted by Gasteiger charge is -2.11. The maximum absolute atomic E-state index is 12.3. The summed E-state index contributed by atoms with van der Waals surface area (Å²) < 4.78 is 11.3. The summed E-state index contributed by atoms with van der Waals surface area (Å²) in [4.78, 5) is 23.8. The number of carbonyl (C=O) groups is 2. The minimum Gasteiger partial charge on any atom is -0.493 e. The van der Waals surface area contributed by atoms with E-state index in [2.05, 4.69) is 15.9 Å². The molecule has 0 saturated carbocycles. The van der Waals surface area contributed by atoms with E-state index < -0.39 is 5.97 Å². The van der Waals surface area contributed by atoms with Gasteiger partial charge in [-0.05, 0) is 59.6 Å². The molecular weight excluding hydrogens is 348 g/mol. The average molecular weight is 363 g/mol. The fourth-order valence-corrected chi connectivity index (χ4v) is 2.36. The standard InChI is InChI=1S/C17H15BrO4/c1-10-5-4-6-13(16(10)18)17(20)22-15-9-12(11(2)19)7-8-14(15)21-3/h4-9H,1-3H3. The molecule has 0 heterocycles. The molecule has 0 atom stereocenters. The van der Waals surface area contributed by atoms with Gasteiger partial charge in [0.05, 0.1) is 12.7 Å². The molecule has 0 saturated heterocycles. The Hall–Kier alpha value is -2.14. The molecule has 0 amide bonds. The molecule has 0 aliphatic carbocycles. The molecule has 0 aliphatic heterocycles. The van der Waals surface area contributed by atoms with Crippen LogP contribution >= 0.6 is 15.9 Å². The topological polar surface area (TPSA) is 52.6 Å². The number of carbonyl (C=O) groups excluding carboxylic acids is 2. The van der Waals surface area contributed by atoms with Gasteiger partial charge in [-0.15, -0.1) is 0 Å². The zero-order chi connectivity index (χ0) is 16.3. The molecule has 0 fully saturated rings. The van der Waals surface area contributed by atoms with Crippen LogP contribution in [0.15, 0.2) is 40.9 Å². The predicted molar refractivity (Wildman–Crippen MR) is 86.8 cm³/mol. The summed E-state index contributed by atoms with van der Waals surface area (Å²) in [6.45, 7) is 3.34. The summed E-state index contributed by atoms with van der Waals surface area (Å²) >= 11 is 3.38. The van der Waals surface area contributed by atoms with E-state index in [1.54, 1.807) is 24.3 Å². The Kier molecular flexibility index (Phi) is 4.98. The Labute approximate surface area is 137 Å². The predicted octanol–water partition coefficient (Wildman–Crippen LogP) is 4.19. The number of hydrogen-bond acceptors (Lipinski definition) is 4. The van der Waals surface area contributed by atoms with Crippen LogP contribution < -0.4 is 9.47 Å². The van der Waals surface area contributed by atoms with E-state index in [1.807, 2.05) is 13.0 Å². The van der Waals surface area contributed by atoms with Crippen molar-refractivity contribution in [1.29, 1.82) is 0 Å². The van der Waals surface area contributed by atoms with Crippen molar-refractivity contribution in [3.05, 3.63) is 57.6 Å². The summed E-state index contributed by atoms with van der Waals surface area (Å²) in [5, 5.41) is 0. The van der Waals surface area contributed by atoms with Crippen LogP contribution in [0.4, 0.5) is 0 Å². The number of halogens is 1. The van der Waals surface area contributed by atoms with Crippen LogP contribution in [0.5, 0.6) is 11.5 Å². The molecule has 22 heavy (non-hydrogen) atoms. The molecule has 5 heteroatoms. The highest BCUT2D eigenvalue weighted by molar-refractivity contribution is 9.10. The highest BCUT2D eigenvalue weighted by atomic mass is 79.9. The number of rotatable bonds is 4. The first-order valence-corrected chi connectivity index (χ1v) is 7.39. The first-order chi connectivity index (χ1) is 10.4. The van der Waals surface area contributed by atoms with Gasteiger partial charge in [-0.2, -0.15) is 0 Å². The van der Waals surface area contributed by atoms with E-state index in [9.17, 15) is 9.59 Å². The first kappa shape index (κ1) is 16.2. The van der Waals surface area contributed by atoms with E-state index in [0.29, 0.717) is 21.3 Å². The zero-order valence-electron chi connectivity index (χ0n) is 12.5. The first-order valence-electron chi connectivity index (χ1n) is 6.60. The molecule has 0 spiro atoms. The van der Waals surface area contributed by atoms with Crippen molar-refractivity contribution >= 4 is 27.7 Å². The van der Waals surface area contributed by atoms with Crippen molar-refractivity contribution in [2.45, 2.75) is 13.8 Å². The molecule has 4 nitrogen and oxygen atoms in total. The van der Waals surface area contributed by atoms with Gasteiger partial charge in [0.15, 0.2) is 17.3 Å². The second-order valence-corrected chi connectivity index (χ2v) is 5.54. The summed E-state index contributed by atoms with van der Waals surface area (Å²) in [7, 11) is 1.47.